The molecule has 2 rings (SSSR count). The van der Waals surface area contributed by atoms with Gasteiger partial charge >= 0.3 is 5.82 Å². The van der Waals surface area contributed by atoms with Crippen molar-refractivity contribution in [2.45, 2.75) is 31.7 Å². The second-order valence-electron chi connectivity index (χ2n) is 3.57. The van der Waals surface area contributed by atoms with Crippen LogP contribution in [0.2, 0.25) is 0 Å². The average Bonchev–Trinajstić information content (AvgIpc) is 2.71. The molecule has 1 aromatic rings. The van der Waals surface area contributed by atoms with Crippen molar-refractivity contribution >= 4 is 11.6 Å². The van der Waals surface area contributed by atoms with Crippen LogP contribution in [-0.4, -0.2) is 14.7 Å². The first-order valence-electron chi connectivity index (χ1n) is 4.68. The fourth-order valence-corrected chi connectivity index (χ4v) is 1.93. The number of nitro groups is 1. The van der Waals surface area contributed by atoms with Gasteiger partial charge in [-0.3, -0.25) is 0 Å². The number of rotatable bonds is 2. The van der Waals surface area contributed by atoms with Crippen molar-refractivity contribution in [3.63, 3.8) is 0 Å². The summed E-state index contributed by atoms with van der Waals surface area (Å²) in [5.41, 5.74) is 5.66. The minimum atomic E-state index is -0.512. The fourth-order valence-electron chi connectivity index (χ4n) is 1.93. The van der Waals surface area contributed by atoms with Gasteiger partial charge < -0.3 is 15.8 Å². The zero-order chi connectivity index (χ0) is 10.1. The topological polar surface area (TPSA) is 87.0 Å². The fraction of sp³-hybridized carbons (Fsp3) is 0.625. The predicted molar refractivity (Wildman–Crippen MR) is 50.8 cm³/mol. The third-order valence-electron chi connectivity index (χ3n) is 2.61. The maximum absolute atomic E-state index is 10.5. The van der Waals surface area contributed by atoms with Gasteiger partial charge in [0.25, 0.3) is 0 Å². The Morgan fingerprint density at radius 2 is 2.21 bits per heavy atom. The smallest absolute Gasteiger partial charge is 0.382 e. The van der Waals surface area contributed by atoms with Gasteiger partial charge in [0.2, 0.25) is 0 Å². The van der Waals surface area contributed by atoms with Crippen molar-refractivity contribution in [2.75, 3.05) is 5.73 Å². The van der Waals surface area contributed by atoms with E-state index in [0.717, 1.165) is 25.7 Å². The summed E-state index contributed by atoms with van der Waals surface area (Å²) in [6, 6.07) is 1.57. The molecular formula is C8H12N4O2. The van der Waals surface area contributed by atoms with Crippen LogP contribution in [0, 0.1) is 10.1 Å². The van der Waals surface area contributed by atoms with Crippen LogP contribution in [0.3, 0.4) is 0 Å². The van der Waals surface area contributed by atoms with Gasteiger partial charge in [-0.2, -0.15) is 4.68 Å². The van der Waals surface area contributed by atoms with Gasteiger partial charge in [-0.15, -0.1) is 0 Å². The quantitative estimate of drug-likeness (QED) is 0.573. The molecule has 0 radical (unpaired) electrons. The average molecular weight is 196 g/mol. The lowest BCUT2D eigenvalue weighted by Crippen LogP contribution is -2.09. The largest absolute Gasteiger partial charge is 0.392 e. The van der Waals surface area contributed by atoms with Crippen LogP contribution in [0.25, 0.3) is 0 Å². The van der Waals surface area contributed by atoms with Gasteiger partial charge in [-0.1, -0.05) is 12.8 Å². The van der Waals surface area contributed by atoms with Crippen LogP contribution in [0.4, 0.5) is 11.6 Å². The van der Waals surface area contributed by atoms with E-state index in [1.807, 2.05) is 0 Å². The summed E-state index contributed by atoms with van der Waals surface area (Å²) in [6.07, 6.45) is 4.33. The van der Waals surface area contributed by atoms with Crippen molar-refractivity contribution in [3.05, 3.63) is 16.2 Å². The van der Waals surface area contributed by atoms with Crippen molar-refractivity contribution in [3.8, 4) is 0 Å². The van der Waals surface area contributed by atoms with Crippen LogP contribution >= 0.6 is 0 Å². The Hall–Kier alpha value is -1.59. The summed E-state index contributed by atoms with van der Waals surface area (Å²) in [5.74, 6) is 0.234. The number of aromatic nitrogens is 2. The maximum Gasteiger partial charge on any atom is 0.392 e. The summed E-state index contributed by atoms with van der Waals surface area (Å²) in [7, 11) is 0. The number of anilines is 1. The lowest BCUT2D eigenvalue weighted by Gasteiger charge is -2.05. The molecule has 0 bridgehead atoms. The molecule has 0 spiro atoms. The Bertz CT molecular complexity index is 354. The summed E-state index contributed by atoms with van der Waals surface area (Å²) in [5, 5.41) is 14.3. The van der Waals surface area contributed by atoms with Crippen LogP contribution in [0.1, 0.15) is 31.7 Å². The third kappa shape index (κ3) is 1.43. The number of hydrogen-bond donors (Lipinski definition) is 1. The Labute approximate surface area is 80.9 Å². The minimum Gasteiger partial charge on any atom is -0.382 e. The molecule has 1 heterocycles. The Balaban J connectivity index is 2.28. The molecule has 0 aromatic carbocycles. The Morgan fingerprint density at radius 3 is 2.71 bits per heavy atom. The van der Waals surface area contributed by atoms with Gasteiger partial charge in [-0.25, -0.2) is 0 Å². The van der Waals surface area contributed by atoms with E-state index in [1.165, 1.54) is 6.07 Å². The number of nitrogen functional groups attached to an aromatic ring is 1. The summed E-state index contributed by atoms with van der Waals surface area (Å²) < 4.78 is 1.59. The highest BCUT2D eigenvalue weighted by molar-refractivity contribution is 5.38. The van der Waals surface area contributed by atoms with Crippen LogP contribution in [0.15, 0.2) is 6.07 Å². The molecule has 0 atom stereocenters. The Morgan fingerprint density at radius 1 is 1.57 bits per heavy atom. The standard InChI is InChI=1S/C8H12N4O2/c9-7-5-8(12(13)14)10-11(7)6-3-1-2-4-6/h5-6H,1-4,9H2. The molecule has 76 valence electrons. The molecule has 6 heteroatoms. The summed E-state index contributed by atoms with van der Waals surface area (Å²) >= 11 is 0. The van der Waals surface area contributed by atoms with Crippen LogP contribution in [-0.2, 0) is 0 Å². The van der Waals surface area contributed by atoms with Gasteiger partial charge in [0.15, 0.2) is 5.82 Å². The van der Waals surface area contributed by atoms with E-state index < -0.39 is 4.92 Å². The molecule has 0 amide bonds. The van der Waals surface area contributed by atoms with Crippen LogP contribution in [0.5, 0.6) is 0 Å². The summed E-state index contributed by atoms with van der Waals surface area (Å²) in [6.45, 7) is 0. The predicted octanol–water partition coefficient (Wildman–Crippen LogP) is 1.49. The lowest BCUT2D eigenvalue weighted by molar-refractivity contribution is -0.389. The third-order valence-corrected chi connectivity index (χ3v) is 2.61. The van der Waals surface area contributed by atoms with E-state index in [-0.39, 0.29) is 11.9 Å². The second kappa shape index (κ2) is 3.28. The maximum atomic E-state index is 10.5. The molecule has 0 unspecified atom stereocenters. The molecule has 1 fully saturated rings. The first-order valence-corrected chi connectivity index (χ1v) is 4.68. The highest BCUT2D eigenvalue weighted by Crippen LogP contribution is 2.31. The van der Waals surface area contributed by atoms with E-state index in [9.17, 15) is 10.1 Å². The van der Waals surface area contributed by atoms with E-state index in [4.69, 9.17) is 5.73 Å². The van der Waals surface area contributed by atoms with Crippen molar-refractivity contribution in [1.29, 1.82) is 0 Å². The van der Waals surface area contributed by atoms with Crippen LogP contribution < -0.4 is 5.73 Å². The molecule has 1 aliphatic carbocycles. The first-order chi connectivity index (χ1) is 6.68. The molecule has 1 aliphatic rings. The zero-order valence-electron chi connectivity index (χ0n) is 7.72. The normalized spacial score (nSPS) is 17.4. The number of nitrogens with two attached hydrogens (primary N) is 1. The van der Waals surface area contributed by atoms with E-state index >= 15 is 0 Å². The van der Waals surface area contributed by atoms with E-state index in [0.29, 0.717) is 5.82 Å². The minimum absolute atomic E-state index is 0.158. The summed E-state index contributed by atoms with van der Waals surface area (Å²) in [4.78, 5) is 9.94. The lowest BCUT2D eigenvalue weighted by atomic mass is 10.2. The second-order valence-corrected chi connectivity index (χ2v) is 3.57. The SMILES string of the molecule is Nc1cc([N+](=O)[O-])nn1C1CCCC1. The molecule has 0 aliphatic heterocycles. The highest BCUT2D eigenvalue weighted by atomic mass is 16.6. The van der Waals surface area contributed by atoms with E-state index in [1.54, 1.807) is 4.68 Å². The van der Waals surface area contributed by atoms with Crippen molar-refractivity contribution in [1.82, 2.24) is 9.78 Å². The molecule has 0 saturated heterocycles. The molecule has 6 nitrogen and oxygen atoms in total. The Kier molecular flexibility index (Phi) is 2.11. The highest BCUT2D eigenvalue weighted by Gasteiger charge is 2.25. The van der Waals surface area contributed by atoms with E-state index in [2.05, 4.69) is 5.10 Å². The van der Waals surface area contributed by atoms with Gasteiger partial charge in [0.1, 0.15) is 0 Å². The van der Waals surface area contributed by atoms with Crippen molar-refractivity contribution < 1.29 is 4.92 Å². The monoisotopic (exact) mass is 196 g/mol. The van der Waals surface area contributed by atoms with Crippen molar-refractivity contribution in [2.24, 2.45) is 0 Å². The molecular weight excluding hydrogens is 184 g/mol. The number of hydrogen-bond acceptors (Lipinski definition) is 4. The molecule has 14 heavy (non-hydrogen) atoms. The van der Waals surface area contributed by atoms with Gasteiger partial charge in [-0.05, 0) is 17.8 Å². The molecule has 2 N–H and O–H groups in total. The van der Waals surface area contributed by atoms with Gasteiger partial charge in [0, 0.05) is 0 Å². The number of nitrogens with zero attached hydrogens (tertiary/aromatic N) is 3. The molecule has 1 aromatic heterocycles. The molecule has 1 saturated carbocycles. The zero-order valence-corrected chi connectivity index (χ0v) is 7.72. The van der Waals surface area contributed by atoms with Gasteiger partial charge in [0.05, 0.1) is 17.2 Å². The first kappa shape index (κ1) is 8.98.